The van der Waals surface area contributed by atoms with Crippen LogP contribution in [0.4, 0.5) is 8.78 Å². The number of hydrogen-bond acceptors (Lipinski definition) is 2. The molecule has 0 saturated carbocycles. The highest BCUT2D eigenvalue weighted by Crippen LogP contribution is 2.15. The Hall–Kier alpha value is -1.00. The molecule has 0 aliphatic carbocycles. The van der Waals surface area contributed by atoms with Crippen molar-refractivity contribution in [1.29, 1.82) is 0 Å². The van der Waals surface area contributed by atoms with Gasteiger partial charge < -0.3 is 9.80 Å². The third kappa shape index (κ3) is 3.98. The van der Waals surface area contributed by atoms with Crippen molar-refractivity contribution in [3.8, 4) is 0 Å². The van der Waals surface area contributed by atoms with Crippen LogP contribution in [-0.2, 0) is 6.42 Å². The van der Waals surface area contributed by atoms with E-state index in [0.717, 1.165) is 51.1 Å². The van der Waals surface area contributed by atoms with Crippen LogP contribution in [0.5, 0.6) is 0 Å². The van der Waals surface area contributed by atoms with E-state index in [4.69, 9.17) is 0 Å². The van der Waals surface area contributed by atoms with E-state index in [1.54, 1.807) is 13.0 Å². The summed E-state index contributed by atoms with van der Waals surface area (Å²) in [5, 5.41) is 0. The Morgan fingerprint density at radius 1 is 1.11 bits per heavy atom. The Bertz CT molecular complexity index is 403. The first kappa shape index (κ1) is 14.4. The van der Waals surface area contributed by atoms with E-state index in [9.17, 15) is 8.78 Å². The highest BCUT2D eigenvalue weighted by Gasteiger charge is 2.13. The molecule has 1 fully saturated rings. The number of benzene rings is 1. The average molecular weight is 268 g/mol. The molecule has 1 aromatic carbocycles. The first-order chi connectivity index (χ1) is 9.06. The van der Waals surface area contributed by atoms with E-state index < -0.39 is 11.6 Å². The Morgan fingerprint density at radius 2 is 1.79 bits per heavy atom. The van der Waals surface area contributed by atoms with Gasteiger partial charge in [0.1, 0.15) is 0 Å². The quantitative estimate of drug-likeness (QED) is 0.827. The number of nitrogens with zero attached hydrogens (tertiary/aromatic N) is 2. The van der Waals surface area contributed by atoms with Crippen LogP contribution < -0.4 is 0 Å². The van der Waals surface area contributed by atoms with E-state index >= 15 is 0 Å². The Morgan fingerprint density at radius 3 is 2.42 bits per heavy atom. The van der Waals surface area contributed by atoms with Crippen molar-refractivity contribution < 1.29 is 8.78 Å². The number of aryl methyl sites for hydroxylation is 2. The summed E-state index contributed by atoms with van der Waals surface area (Å²) in [6, 6.07) is 3.08. The lowest BCUT2D eigenvalue weighted by Crippen LogP contribution is -2.44. The molecule has 2 nitrogen and oxygen atoms in total. The first-order valence-corrected chi connectivity index (χ1v) is 6.91. The van der Waals surface area contributed by atoms with Crippen LogP contribution in [0.2, 0.25) is 0 Å². The molecule has 1 aromatic rings. The predicted molar refractivity (Wildman–Crippen MR) is 73.4 cm³/mol. The second-order valence-electron chi connectivity index (χ2n) is 5.46. The van der Waals surface area contributed by atoms with E-state index in [2.05, 4.69) is 16.8 Å². The maximum Gasteiger partial charge on any atom is 0.161 e. The molecular weight excluding hydrogens is 246 g/mol. The highest BCUT2D eigenvalue weighted by atomic mass is 19.2. The number of rotatable bonds is 4. The van der Waals surface area contributed by atoms with Crippen molar-refractivity contribution in [3.63, 3.8) is 0 Å². The van der Waals surface area contributed by atoms with E-state index in [1.165, 1.54) is 6.07 Å². The second-order valence-corrected chi connectivity index (χ2v) is 5.46. The summed E-state index contributed by atoms with van der Waals surface area (Å²) in [6.45, 7) is 7.09. The molecular formula is C15H22F2N2. The van der Waals surface area contributed by atoms with Crippen LogP contribution in [0.1, 0.15) is 17.5 Å². The first-order valence-electron chi connectivity index (χ1n) is 6.91. The summed E-state index contributed by atoms with van der Waals surface area (Å²) < 4.78 is 26.4. The van der Waals surface area contributed by atoms with Gasteiger partial charge in [-0.2, -0.15) is 0 Å². The standard InChI is InChI=1S/C15H22F2N2/c1-12-10-13(11-14(16)15(12)17)4-3-5-19-8-6-18(2)7-9-19/h10-11H,3-9H2,1-2H3. The van der Waals surface area contributed by atoms with Crippen LogP contribution in [0, 0.1) is 18.6 Å². The molecule has 0 bridgehead atoms. The molecule has 19 heavy (non-hydrogen) atoms. The summed E-state index contributed by atoms with van der Waals surface area (Å²) in [4.78, 5) is 4.77. The topological polar surface area (TPSA) is 6.48 Å². The summed E-state index contributed by atoms with van der Waals surface area (Å²) in [6.07, 6.45) is 1.80. The van der Waals surface area contributed by atoms with Gasteiger partial charge in [0, 0.05) is 26.2 Å². The van der Waals surface area contributed by atoms with Gasteiger partial charge in [-0.15, -0.1) is 0 Å². The molecule has 1 heterocycles. The molecule has 0 unspecified atom stereocenters. The smallest absolute Gasteiger partial charge is 0.161 e. The molecule has 0 amide bonds. The largest absolute Gasteiger partial charge is 0.304 e. The number of halogens is 2. The molecule has 1 saturated heterocycles. The fraction of sp³-hybridized carbons (Fsp3) is 0.600. The van der Waals surface area contributed by atoms with E-state index in [0.29, 0.717) is 5.56 Å². The van der Waals surface area contributed by atoms with Crippen molar-refractivity contribution in [2.75, 3.05) is 39.8 Å². The van der Waals surface area contributed by atoms with Gasteiger partial charge in [0.2, 0.25) is 0 Å². The highest BCUT2D eigenvalue weighted by molar-refractivity contribution is 5.25. The molecule has 106 valence electrons. The van der Waals surface area contributed by atoms with Gasteiger partial charge in [-0.05, 0) is 50.6 Å². The summed E-state index contributed by atoms with van der Waals surface area (Å²) in [5.41, 5.74) is 1.29. The second kappa shape index (κ2) is 6.44. The van der Waals surface area contributed by atoms with Crippen LogP contribution in [-0.4, -0.2) is 49.6 Å². The maximum absolute atomic E-state index is 13.3. The van der Waals surface area contributed by atoms with Gasteiger partial charge >= 0.3 is 0 Å². The molecule has 0 N–H and O–H groups in total. The minimum atomic E-state index is -0.727. The van der Waals surface area contributed by atoms with E-state index in [-0.39, 0.29) is 0 Å². The van der Waals surface area contributed by atoms with Crippen molar-refractivity contribution in [2.24, 2.45) is 0 Å². The lowest BCUT2D eigenvalue weighted by molar-refractivity contribution is 0.153. The Kier molecular flexibility index (Phi) is 4.88. The van der Waals surface area contributed by atoms with Gasteiger partial charge in [0.15, 0.2) is 11.6 Å². The zero-order valence-electron chi connectivity index (χ0n) is 11.8. The zero-order valence-corrected chi connectivity index (χ0v) is 11.8. The van der Waals surface area contributed by atoms with Crippen LogP contribution in [0.15, 0.2) is 12.1 Å². The Balaban J connectivity index is 1.79. The summed E-state index contributed by atoms with van der Waals surface area (Å²) in [7, 11) is 2.14. The Labute approximate surface area is 114 Å². The van der Waals surface area contributed by atoms with Crippen molar-refractivity contribution >= 4 is 0 Å². The zero-order chi connectivity index (χ0) is 13.8. The molecule has 0 radical (unpaired) electrons. The number of hydrogen-bond donors (Lipinski definition) is 0. The normalized spacial score (nSPS) is 17.9. The van der Waals surface area contributed by atoms with Crippen LogP contribution in [0.3, 0.4) is 0 Å². The van der Waals surface area contributed by atoms with Gasteiger partial charge in [0.05, 0.1) is 0 Å². The molecule has 2 rings (SSSR count). The summed E-state index contributed by atoms with van der Waals surface area (Å²) in [5.74, 6) is -1.45. The maximum atomic E-state index is 13.3. The molecule has 4 heteroatoms. The van der Waals surface area contributed by atoms with Gasteiger partial charge in [0.25, 0.3) is 0 Å². The number of piperazine rings is 1. The van der Waals surface area contributed by atoms with E-state index in [1.807, 2.05) is 0 Å². The average Bonchev–Trinajstić information content (AvgIpc) is 2.38. The third-order valence-electron chi connectivity index (χ3n) is 3.81. The van der Waals surface area contributed by atoms with Gasteiger partial charge in [-0.1, -0.05) is 6.07 Å². The lowest BCUT2D eigenvalue weighted by atomic mass is 10.1. The molecule has 0 aromatic heterocycles. The number of likely N-dealkylation sites (N-methyl/N-ethyl adjacent to an activating group) is 1. The fourth-order valence-electron chi connectivity index (χ4n) is 2.52. The lowest BCUT2D eigenvalue weighted by Gasteiger charge is -2.32. The molecule has 0 atom stereocenters. The third-order valence-corrected chi connectivity index (χ3v) is 3.81. The van der Waals surface area contributed by atoms with Gasteiger partial charge in [-0.25, -0.2) is 8.78 Å². The minimum absolute atomic E-state index is 0.398. The molecule has 1 aliphatic rings. The monoisotopic (exact) mass is 268 g/mol. The van der Waals surface area contributed by atoms with Crippen molar-refractivity contribution in [2.45, 2.75) is 19.8 Å². The predicted octanol–water partition coefficient (Wildman–Crippen LogP) is 2.45. The summed E-state index contributed by atoms with van der Waals surface area (Å²) >= 11 is 0. The van der Waals surface area contributed by atoms with Crippen molar-refractivity contribution in [1.82, 2.24) is 9.80 Å². The van der Waals surface area contributed by atoms with Crippen LogP contribution in [0.25, 0.3) is 0 Å². The molecule has 0 spiro atoms. The van der Waals surface area contributed by atoms with Gasteiger partial charge in [-0.3, -0.25) is 0 Å². The van der Waals surface area contributed by atoms with Crippen LogP contribution >= 0.6 is 0 Å². The minimum Gasteiger partial charge on any atom is -0.304 e. The SMILES string of the molecule is Cc1cc(CCCN2CCN(C)CC2)cc(F)c1F. The molecule has 1 aliphatic heterocycles. The van der Waals surface area contributed by atoms with Crippen molar-refractivity contribution in [3.05, 3.63) is 34.9 Å². The fourth-order valence-corrected chi connectivity index (χ4v) is 2.52.